The van der Waals surface area contributed by atoms with Crippen LogP contribution in [0.15, 0.2) is 40.6 Å². The van der Waals surface area contributed by atoms with Crippen LogP contribution in [-0.4, -0.2) is 31.7 Å². The summed E-state index contributed by atoms with van der Waals surface area (Å²) in [5.74, 6) is -0.204. The van der Waals surface area contributed by atoms with Gasteiger partial charge in [0.2, 0.25) is 5.91 Å². The van der Waals surface area contributed by atoms with Crippen molar-refractivity contribution >= 4 is 44.6 Å². The molecule has 1 aromatic carbocycles. The number of anilines is 1. The van der Waals surface area contributed by atoms with Gasteiger partial charge >= 0.3 is 0 Å². The van der Waals surface area contributed by atoms with Crippen LogP contribution in [0, 0.1) is 0 Å². The third-order valence-electron chi connectivity index (χ3n) is 3.74. The van der Waals surface area contributed by atoms with Crippen molar-refractivity contribution in [2.45, 2.75) is 23.5 Å². The number of carbonyl (C=O) groups excluding carboxylic acids is 1. The highest BCUT2D eigenvalue weighted by molar-refractivity contribution is 7.91. The van der Waals surface area contributed by atoms with Gasteiger partial charge in [0.15, 0.2) is 0 Å². The van der Waals surface area contributed by atoms with Crippen molar-refractivity contribution in [1.29, 1.82) is 0 Å². The Hall–Kier alpha value is -1.41. The molecule has 0 saturated carbocycles. The predicted octanol–water partition coefficient (Wildman–Crippen LogP) is 3.37. The summed E-state index contributed by atoms with van der Waals surface area (Å²) >= 11 is 7.04. The smallest absolute Gasteiger partial charge is 0.252 e. The molecule has 5 nitrogen and oxygen atoms in total. The van der Waals surface area contributed by atoms with Crippen LogP contribution >= 0.6 is 22.9 Å². The molecule has 0 aliphatic carbocycles. The van der Waals surface area contributed by atoms with E-state index in [4.69, 9.17) is 11.6 Å². The van der Waals surface area contributed by atoms with E-state index < -0.39 is 10.0 Å². The lowest BCUT2D eigenvalue weighted by Gasteiger charge is -2.13. The van der Waals surface area contributed by atoms with Gasteiger partial charge in [0.05, 0.1) is 6.42 Å². The van der Waals surface area contributed by atoms with Gasteiger partial charge in [-0.15, -0.1) is 11.3 Å². The standard InChI is InChI=1S/C16H17ClN2O3S2/c17-12-4-3-5-13(10-12)18-15(20)11-14-6-7-16(23-14)24(21,22)19-8-1-2-9-19/h3-7,10H,1-2,8-9,11H2,(H,18,20). The van der Waals surface area contributed by atoms with Crippen LogP contribution in [0.25, 0.3) is 0 Å². The lowest BCUT2D eigenvalue weighted by Crippen LogP contribution is -2.27. The van der Waals surface area contributed by atoms with Crippen LogP contribution in [0.2, 0.25) is 5.02 Å². The van der Waals surface area contributed by atoms with Gasteiger partial charge in [0, 0.05) is 28.7 Å². The van der Waals surface area contributed by atoms with Crippen LogP contribution < -0.4 is 5.32 Å². The Labute approximate surface area is 150 Å². The summed E-state index contributed by atoms with van der Waals surface area (Å²) in [6.45, 7) is 1.15. The number of carbonyl (C=O) groups is 1. The molecule has 8 heteroatoms. The number of hydrogen-bond donors (Lipinski definition) is 1. The first-order valence-corrected chi connectivity index (χ1v) is 10.2. The van der Waals surface area contributed by atoms with E-state index in [1.165, 1.54) is 4.31 Å². The molecular formula is C16H17ClN2O3S2. The quantitative estimate of drug-likeness (QED) is 0.859. The monoisotopic (exact) mass is 384 g/mol. The maximum absolute atomic E-state index is 12.5. The van der Waals surface area contributed by atoms with Crippen LogP contribution in [0.5, 0.6) is 0 Å². The van der Waals surface area contributed by atoms with Crippen molar-refractivity contribution in [3.05, 3.63) is 46.3 Å². The predicted molar refractivity (Wildman–Crippen MR) is 96.1 cm³/mol. The Morgan fingerprint density at radius 2 is 1.96 bits per heavy atom. The van der Waals surface area contributed by atoms with Crippen molar-refractivity contribution < 1.29 is 13.2 Å². The lowest BCUT2D eigenvalue weighted by atomic mass is 10.3. The molecule has 0 radical (unpaired) electrons. The summed E-state index contributed by atoms with van der Waals surface area (Å²) in [5, 5.41) is 3.30. The second-order valence-electron chi connectivity index (χ2n) is 5.57. The van der Waals surface area contributed by atoms with E-state index in [0.717, 1.165) is 24.2 Å². The average molecular weight is 385 g/mol. The first-order chi connectivity index (χ1) is 11.4. The van der Waals surface area contributed by atoms with E-state index in [1.807, 2.05) is 0 Å². The minimum absolute atomic E-state index is 0.132. The number of rotatable bonds is 5. The van der Waals surface area contributed by atoms with Crippen molar-refractivity contribution in [2.75, 3.05) is 18.4 Å². The van der Waals surface area contributed by atoms with Gasteiger partial charge in [-0.3, -0.25) is 4.79 Å². The minimum Gasteiger partial charge on any atom is -0.326 e. The van der Waals surface area contributed by atoms with E-state index in [2.05, 4.69) is 5.32 Å². The lowest BCUT2D eigenvalue weighted by molar-refractivity contribution is -0.115. The third kappa shape index (κ3) is 3.97. The Morgan fingerprint density at radius 1 is 1.21 bits per heavy atom. The summed E-state index contributed by atoms with van der Waals surface area (Å²) < 4.78 is 26.8. The van der Waals surface area contributed by atoms with Crippen LogP contribution in [0.4, 0.5) is 5.69 Å². The van der Waals surface area contributed by atoms with Gasteiger partial charge in [-0.05, 0) is 43.2 Å². The van der Waals surface area contributed by atoms with Crippen LogP contribution in [-0.2, 0) is 21.2 Å². The second kappa shape index (κ2) is 7.23. The zero-order chi connectivity index (χ0) is 17.2. The first kappa shape index (κ1) is 17.4. The van der Waals surface area contributed by atoms with Gasteiger partial charge in [-0.25, -0.2) is 8.42 Å². The Kier molecular flexibility index (Phi) is 5.24. The van der Waals surface area contributed by atoms with E-state index in [1.54, 1.807) is 36.4 Å². The fraction of sp³-hybridized carbons (Fsp3) is 0.312. The molecule has 0 atom stereocenters. The molecule has 24 heavy (non-hydrogen) atoms. The molecule has 0 bridgehead atoms. The molecular weight excluding hydrogens is 368 g/mol. The fourth-order valence-corrected chi connectivity index (χ4v) is 5.79. The van der Waals surface area contributed by atoms with Crippen molar-refractivity contribution in [1.82, 2.24) is 4.31 Å². The van der Waals surface area contributed by atoms with Gasteiger partial charge < -0.3 is 5.32 Å². The molecule has 1 amide bonds. The van der Waals surface area contributed by atoms with Gasteiger partial charge in [-0.1, -0.05) is 17.7 Å². The highest BCUT2D eigenvalue weighted by Gasteiger charge is 2.28. The highest BCUT2D eigenvalue weighted by atomic mass is 35.5. The van der Waals surface area contributed by atoms with E-state index in [0.29, 0.717) is 32.9 Å². The zero-order valence-corrected chi connectivity index (χ0v) is 15.3. The molecule has 1 fully saturated rings. The topological polar surface area (TPSA) is 66.5 Å². The van der Waals surface area contributed by atoms with Crippen LogP contribution in [0.1, 0.15) is 17.7 Å². The molecule has 1 aliphatic rings. The number of thiophene rings is 1. The number of nitrogens with one attached hydrogen (secondary N) is 1. The van der Waals surface area contributed by atoms with Crippen LogP contribution in [0.3, 0.4) is 0 Å². The Morgan fingerprint density at radius 3 is 2.67 bits per heavy atom. The molecule has 0 spiro atoms. The van der Waals surface area contributed by atoms with Gasteiger partial charge in [-0.2, -0.15) is 4.31 Å². The normalized spacial score (nSPS) is 15.5. The molecule has 2 aromatic rings. The van der Waals surface area contributed by atoms with Gasteiger partial charge in [0.1, 0.15) is 4.21 Å². The molecule has 128 valence electrons. The van der Waals surface area contributed by atoms with Crippen molar-refractivity contribution in [3.63, 3.8) is 0 Å². The highest BCUT2D eigenvalue weighted by Crippen LogP contribution is 2.27. The SMILES string of the molecule is O=C(Cc1ccc(S(=O)(=O)N2CCCC2)s1)Nc1cccc(Cl)c1. The molecule has 1 N–H and O–H groups in total. The number of halogens is 1. The first-order valence-electron chi connectivity index (χ1n) is 7.59. The number of benzene rings is 1. The number of amides is 1. The average Bonchev–Trinajstić information content (AvgIpc) is 3.18. The molecule has 1 aliphatic heterocycles. The largest absolute Gasteiger partial charge is 0.326 e. The number of nitrogens with zero attached hydrogens (tertiary/aromatic N) is 1. The van der Waals surface area contributed by atoms with Crippen molar-refractivity contribution in [3.8, 4) is 0 Å². The molecule has 2 heterocycles. The molecule has 3 rings (SSSR count). The van der Waals surface area contributed by atoms with Crippen molar-refractivity contribution in [2.24, 2.45) is 0 Å². The Balaban J connectivity index is 1.66. The summed E-state index contributed by atoms with van der Waals surface area (Å²) in [4.78, 5) is 12.8. The maximum Gasteiger partial charge on any atom is 0.252 e. The number of hydrogen-bond acceptors (Lipinski definition) is 4. The summed E-state index contributed by atoms with van der Waals surface area (Å²) in [6, 6.07) is 10.2. The second-order valence-corrected chi connectivity index (χ2v) is 9.34. The zero-order valence-electron chi connectivity index (χ0n) is 12.9. The number of sulfonamides is 1. The molecule has 1 saturated heterocycles. The third-order valence-corrected chi connectivity index (χ3v) is 7.43. The fourth-order valence-electron chi connectivity index (χ4n) is 2.58. The maximum atomic E-state index is 12.5. The Bertz CT molecular complexity index is 843. The van der Waals surface area contributed by atoms with E-state index in [-0.39, 0.29) is 12.3 Å². The summed E-state index contributed by atoms with van der Waals surface area (Å²) in [7, 11) is -3.42. The van der Waals surface area contributed by atoms with E-state index in [9.17, 15) is 13.2 Å². The van der Waals surface area contributed by atoms with Gasteiger partial charge in [0.25, 0.3) is 10.0 Å². The van der Waals surface area contributed by atoms with E-state index >= 15 is 0 Å². The summed E-state index contributed by atoms with van der Waals surface area (Å²) in [5.41, 5.74) is 0.619. The molecule has 1 aromatic heterocycles. The summed E-state index contributed by atoms with van der Waals surface area (Å²) in [6.07, 6.45) is 1.94. The molecule has 0 unspecified atom stereocenters. The minimum atomic E-state index is -3.42.